The minimum absolute atomic E-state index is 0.0346. The number of piperazine rings is 2. The number of aryl methyl sites for hydroxylation is 4. The van der Waals surface area contributed by atoms with E-state index in [4.69, 9.17) is 39.1 Å². The van der Waals surface area contributed by atoms with Crippen LogP contribution in [0.1, 0.15) is 131 Å². The molecule has 20 heteroatoms. The fourth-order valence-corrected chi connectivity index (χ4v) is 9.13. The van der Waals surface area contributed by atoms with Crippen molar-refractivity contribution in [3.8, 4) is 11.8 Å². The van der Waals surface area contributed by atoms with E-state index < -0.39 is 11.9 Å². The van der Waals surface area contributed by atoms with E-state index >= 15 is 0 Å². The molecule has 74 heavy (non-hydrogen) atoms. The first-order valence-corrected chi connectivity index (χ1v) is 26.8. The summed E-state index contributed by atoms with van der Waals surface area (Å²) in [5, 5.41) is 0. The van der Waals surface area contributed by atoms with Crippen LogP contribution in [-0.4, -0.2) is 139 Å². The van der Waals surface area contributed by atoms with Crippen LogP contribution in [0.5, 0.6) is 11.8 Å². The number of carbonyl (C=O) groups excluding carboxylic acids is 2. The largest absolute Gasteiger partial charge is 0.478 e. The molecule has 0 radical (unpaired) electrons. The number of carbonyl (C=O) groups is 2. The molecule has 0 N–H and O–H groups in total. The molecule has 2 aliphatic rings. The average molecular weight is 1030 g/mol. The van der Waals surface area contributed by atoms with Gasteiger partial charge >= 0.3 is 23.3 Å². The molecular formula is C54H82N12O8+2. The predicted molar refractivity (Wildman–Crippen MR) is 283 cm³/mol. The Morgan fingerprint density at radius 3 is 1.27 bits per heavy atom. The third-order valence-corrected chi connectivity index (χ3v) is 13.3. The number of unbranched alkanes of at least 4 members (excludes halogenated alkanes) is 2. The molecule has 20 nitrogen and oxygen atoms in total. The Balaban J connectivity index is 1.17. The van der Waals surface area contributed by atoms with Crippen LogP contribution in [0.3, 0.4) is 0 Å². The molecule has 4 aromatic heterocycles. The van der Waals surface area contributed by atoms with Crippen molar-refractivity contribution < 1.29 is 38.0 Å². The van der Waals surface area contributed by atoms with Gasteiger partial charge in [-0.3, -0.25) is 18.8 Å². The molecule has 0 bridgehead atoms. The van der Waals surface area contributed by atoms with Gasteiger partial charge in [0, 0.05) is 97.0 Å². The Morgan fingerprint density at radius 2 is 0.946 bits per heavy atom. The van der Waals surface area contributed by atoms with E-state index in [1.165, 1.54) is 12.2 Å². The third-order valence-electron chi connectivity index (χ3n) is 13.3. The lowest BCUT2D eigenvalue weighted by Crippen LogP contribution is -2.61. The molecule has 0 atom stereocenters. The number of nitrogens with zero attached hydrogens (tertiary/aromatic N) is 12. The van der Waals surface area contributed by atoms with Gasteiger partial charge in [-0.2, -0.15) is 9.97 Å². The fraction of sp³-hybridized carbons (Fsp3) is 0.630. The van der Waals surface area contributed by atoms with Crippen molar-refractivity contribution in [3.63, 3.8) is 0 Å². The number of anilines is 2. The van der Waals surface area contributed by atoms with Crippen LogP contribution in [0.15, 0.2) is 58.4 Å². The van der Waals surface area contributed by atoms with E-state index in [-0.39, 0.29) is 31.5 Å². The predicted octanol–water partition coefficient (Wildman–Crippen LogP) is 6.08. The Labute approximate surface area is 436 Å². The molecule has 2 fully saturated rings. The van der Waals surface area contributed by atoms with Crippen LogP contribution in [-0.2, 0) is 56.0 Å². The highest BCUT2D eigenvalue weighted by molar-refractivity contribution is 5.91. The first-order chi connectivity index (χ1) is 35.3. The summed E-state index contributed by atoms with van der Waals surface area (Å²) < 4.78 is 14.0. The van der Waals surface area contributed by atoms with Gasteiger partial charge < -0.3 is 19.3 Å². The van der Waals surface area contributed by atoms with Gasteiger partial charge in [-0.05, 0) is 39.5 Å². The van der Waals surface area contributed by atoms with Crippen molar-refractivity contribution >= 4 is 23.6 Å². The first kappa shape index (κ1) is 57.0. The second-order valence-corrected chi connectivity index (χ2v) is 21.4. The van der Waals surface area contributed by atoms with Gasteiger partial charge in [-0.25, -0.2) is 39.1 Å². The summed E-state index contributed by atoms with van der Waals surface area (Å²) in [6.07, 6.45) is 11.9. The zero-order valence-electron chi connectivity index (χ0n) is 45.8. The average Bonchev–Trinajstić information content (AvgIpc) is 3.35. The smallest absolute Gasteiger partial charge is 0.390 e. The number of rotatable bonds is 24. The lowest BCUT2D eigenvalue weighted by atomic mass is 9.95. The van der Waals surface area contributed by atoms with Crippen LogP contribution in [0, 0.1) is 0 Å². The molecule has 0 aromatic carbocycles. The summed E-state index contributed by atoms with van der Waals surface area (Å²) in [7, 11) is 0. The maximum absolute atomic E-state index is 13.9. The van der Waals surface area contributed by atoms with Crippen LogP contribution >= 0.6 is 0 Å². The van der Waals surface area contributed by atoms with E-state index in [1.807, 2.05) is 13.8 Å². The Bertz CT molecular complexity index is 2460. The number of quaternary nitrogens is 2. The summed E-state index contributed by atoms with van der Waals surface area (Å²) in [6, 6.07) is 7.50. The molecule has 0 spiro atoms. The molecule has 6 rings (SSSR count). The molecular weight excluding hydrogens is 945 g/mol. The zero-order valence-corrected chi connectivity index (χ0v) is 45.8. The van der Waals surface area contributed by atoms with Crippen molar-refractivity contribution in [2.45, 2.75) is 145 Å². The highest BCUT2D eigenvalue weighted by atomic mass is 16.8. The van der Waals surface area contributed by atoms with Crippen molar-refractivity contribution in [2.75, 3.05) is 88.5 Å². The molecule has 4 aromatic rings. The maximum Gasteiger partial charge on any atom is 0.390 e. The number of hydrogen-bond donors (Lipinski definition) is 0. The summed E-state index contributed by atoms with van der Waals surface area (Å²) in [5.41, 5.74) is 0.757. The summed E-state index contributed by atoms with van der Waals surface area (Å²) >= 11 is 0. The molecule has 404 valence electrons. The van der Waals surface area contributed by atoms with Crippen molar-refractivity contribution in [1.82, 2.24) is 39.0 Å². The van der Waals surface area contributed by atoms with Gasteiger partial charge in [0.05, 0.1) is 39.4 Å². The minimum Gasteiger partial charge on any atom is -0.478 e. The highest BCUT2D eigenvalue weighted by Crippen LogP contribution is 2.28. The van der Waals surface area contributed by atoms with E-state index in [0.717, 1.165) is 60.4 Å². The van der Waals surface area contributed by atoms with E-state index in [0.29, 0.717) is 129 Å². The topological polar surface area (TPSA) is 199 Å². The normalized spacial score (nSPS) is 15.8. The van der Waals surface area contributed by atoms with Crippen molar-refractivity contribution in [3.05, 3.63) is 92.8 Å². The van der Waals surface area contributed by atoms with Gasteiger partial charge in [0.25, 0.3) is 0 Å². The standard InChI is InChI=1S/C54H82N12O8/c1-11-19-41-39-43(57-49(55-41)53(5,6)7)61-29-35-65(36-30-61,33-17-15-25-63-27-23-45(71-13-3)59-51(63)69)73-47(67)21-22-48(68)74-66(34-18-16-26-64-28-24-46(72-14-4)60-52(64)70)37-31-62(32-38-66)44-40-42(20-12-2)56-50(58-44)54(8,9)10/h21-24,27-28,39-40H,11-20,25-26,29-38H2,1-10H3/q+2/b22-21+. The first-order valence-electron chi connectivity index (χ1n) is 26.8. The second-order valence-electron chi connectivity index (χ2n) is 21.4. The molecule has 6 heterocycles. The van der Waals surface area contributed by atoms with Crippen LogP contribution in [0.2, 0.25) is 0 Å². The number of hydroxylamine groups is 6. The summed E-state index contributed by atoms with van der Waals surface area (Å²) in [4.78, 5) is 98.3. The van der Waals surface area contributed by atoms with Gasteiger partial charge in [-0.1, -0.05) is 68.2 Å². The lowest BCUT2D eigenvalue weighted by Gasteiger charge is -2.42. The second kappa shape index (κ2) is 25.8. The molecule has 2 aliphatic heterocycles. The van der Waals surface area contributed by atoms with Crippen LogP contribution in [0.25, 0.3) is 0 Å². The van der Waals surface area contributed by atoms with Crippen molar-refractivity contribution in [2.24, 2.45) is 0 Å². The Hall–Kier alpha value is -6.28. The Kier molecular flexibility index (Phi) is 19.9. The fourth-order valence-electron chi connectivity index (χ4n) is 9.13. The highest BCUT2D eigenvalue weighted by Gasteiger charge is 2.40. The van der Waals surface area contributed by atoms with E-state index in [9.17, 15) is 19.2 Å². The SMILES string of the molecule is CCCc1cc(N2CC[N+](CCCCn3ccc(OCC)nc3=O)(OC(=O)/C=C/C(=O)O[N+]3(CCCCn4ccc(OCC)nc4=O)CCN(c4cc(CCC)nc(C(C)(C)C)n4)CC3)CC2)nc(C(C)(C)C)n1. The molecule has 0 aliphatic carbocycles. The van der Waals surface area contributed by atoms with Gasteiger partial charge in [0.1, 0.15) is 62.6 Å². The summed E-state index contributed by atoms with van der Waals surface area (Å²) in [6.45, 7) is 27.5. The lowest BCUT2D eigenvalue weighted by molar-refractivity contribution is -1.09. The van der Waals surface area contributed by atoms with Crippen molar-refractivity contribution in [1.29, 1.82) is 0 Å². The quantitative estimate of drug-likeness (QED) is 0.0444. The van der Waals surface area contributed by atoms with E-state index in [2.05, 4.69) is 87.3 Å². The van der Waals surface area contributed by atoms with E-state index in [1.54, 1.807) is 33.7 Å². The monoisotopic (exact) mass is 1030 g/mol. The van der Waals surface area contributed by atoms with Gasteiger partial charge in [0.2, 0.25) is 11.8 Å². The van der Waals surface area contributed by atoms with Gasteiger partial charge in [-0.15, -0.1) is 9.29 Å². The maximum atomic E-state index is 13.9. The third kappa shape index (κ3) is 16.1. The molecule has 0 unspecified atom stereocenters. The number of aromatic nitrogens is 8. The summed E-state index contributed by atoms with van der Waals surface area (Å²) in [5.74, 6) is 2.57. The number of hydrogen-bond acceptors (Lipinski definition) is 16. The van der Waals surface area contributed by atoms with Crippen LogP contribution < -0.4 is 30.7 Å². The molecule has 0 amide bonds. The zero-order chi connectivity index (χ0) is 53.5. The van der Waals surface area contributed by atoms with Crippen LogP contribution in [0.4, 0.5) is 11.6 Å². The molecule has 0 saturated carbocycles. The minimum atomic E-state index is -0.656. The number of ether oxygens (including phenoxy) is 2. The Morgan fingerprint density at radius 1 is 0.568 bits per heavy atom. The van der Waals surface area contributed by atoms with Gasteiger partial charge in [0.15, 0.2) is 0 Å². The molecule has 2 saturated heterocycles.